The first kappa shape index (κ1) is 23.9. The van der Waals surface area contributed by atoms with Gasteiger partial charge in [-0.15, -0.1) is 0 Å². The standard InChI is InChI=1S/C30H26F3N5O/c31-30(32,33)24-9-10-25-27(14-24)38(17-18-11-12-37(16-18)29(39)21-5-6-21)28(35-25)20-3-1-19(2-4-20)22-7-8-23-15-34-36-26(23)13-22/h1-4,7-10,13-15,18,21H,5-6,11-12,16-17H2,(H,34,36)/t18-/m0/s1. The molecule has 7 rings (SSSR count). The SMILES string of the molecule is O=C(C1CC1)N1CC[C@H](Cn2c(-c3ccc(-c4ccc5cn[nH]c5c4)cc3)nc3ccc(C(F)(F)F)cc32)C1. The van der Waals surface area contributed by atoms with Crippen LogP contribution < -0.4 is 0 Å². The Labute approximate surface area is 222 Å². The van der Waals surface area contributed by atoms with Crippen molar-refractivity contribution < 1.29 is 18.0 Å². The second-order valence-corrected chi connectivity index (χ2v) is 10.7. The van der Waals surface area contributed by atoms with E-state index in [9.17, 15) is 18.0 Å². The number of likely N-dealkylation sites (tertiary alicyclic amines) is 1. The van der Waals surface area contributed by atoms with Crippen LogP contribution in [0.3, 0.4) is 0 Å². The first-order valence-corrected chi connectivity index (χ1v) is 13.2. The fourth-order valence-corrected chi connectivity index (χ4v) is 5.66. The molecule has 0 radical (unpaired) electrons. The molecular formula is C30H26F3N5O. The summed E-state index contributed by atoms with van der Waals surface area (Å²) in [6.07, 6.45) is 0.0834. The van der Waals surface area contributed by atoms with Gasteiger partial charge in [0, 0.05) is 36.5 Å². The number of nitrogens with zero attached hydrogens (tertiary/aromatic N) is 4. The molecule has 39 heavy (non-hydrogen) atoms. The second-order valence-electron chi connectivity index (χ2n) is 10.7. The lowest BCUT2D eigenvalue weighted by molar-refractivity contribution is -0.137. The van der Waals surface area contributed by atoms with Gasteiger partial charge in [0.25, 0.3) is 0 Å². The Morgan fingerprint density at radius 1 is 0.949 bits per heavy atom. The van der Waals surface area contributed by atoms with Gasteiger partial charge in [-0.1, -0.05) is 36.4 Å². The molecule has 1 atom stereocenters. The molecule has 1 N–H and O–H groups in total. The number of alkyl halides is 3. The van der Waals surface area contributed by atoms with Crippen LogP contribution in [0.4, 0.5) is 13.2 Å². The van der Waals surface area contributed by atoms with Crippen molar-refractivity contribution in [2.75, 3.05) is 13.1 Å². The number of carbonyl (C=O) groups is 1. The number of hydrogen-bond acceptors (Lipinski definition) is 3. The zero-order chi connectivity index (χ0) is 26.7. The van der Waals surface area contributed by atoms with Crippen molar-refractivity contribution in [1.82, 2.24) is 24.6 Å². The van der Waals surface area contributed by atoms with Crippen LogP contribution in [0.5, 0.6) is 0 Å². The monoisotopic (exact) mass is 529 g/mol. The minimum absolute atomic E-state index is 0.152. The molecule has 9 heteroatoms. The molecule has 3 aromatic carbocycles. The summed E-state index contributed by atoms with van der Waals surface area (Å²) in [6, 6.07) is 17.8. The number of halogens is 3. The van der Waals surface area contributed by atoms with Crippen LogP contribution in [0, 0.1) is 11.8 Å². The highest BCUT2D eigenvalue weighted by atomic mass is 19.4. The summed E-state index contributed by atoms with van der Waals surface area (Å²) in [5, 5.41) is 8.11. The van der Waals surface area contributed by atoms with E-state index in [0.717, 1.165) is 52.9 Å². The lowest BCUT2D eigenvalue weighted by Gasteiger charge is -2.18. The summed E-state index contributed by atoms with van der Waals surface area (Å²) < 4.78 is 42.7. The maximum Gasteiger partial charge on any atom is 0.416 e. The zero-order valence-corrected chi connectivity index (χ0v) is 21.1. The predicted octanol–water partition coefficient (Wildman–Crippen LogP) is 6.52. The average Bonchev–Trinajstić information content (AvgIpc) is 3.33. The number of rotatable bonds is 5. The summed E-state index contributed by atoms with van der Waals surface area (Å²) in [6.45, 7) is 1.83. The van der Waals surface area contributed by atoms with Gasteiger partial charge in [0.1, 0.15) is 5.82 Å². The Morgan fingerprint density at radius 3 is 2.49 bits per heavy atom. The molecule has 0 unspecified atom stereocenters. The van der Waals surface area contributed by atoms with E-state index in [1.165, 1.54) is 12.1 Å². The maximum absolute atomic E-state index is 13.6. The van der Waals surface area contributed by atoms with Gasteiger partial charge in [-0.25, -0.2) is 4.98 Å². The molecule has 1 amide bonds. The van der Waals surface area contributed by atoms with Crippen molar-refractivity contribution in [3.8, 4) is 22.5 Å². The van der Waals surface area contributed by atoms with E-state index >= 15 is 0 Å². The fourth-order valence-electron chi connectivity index (χ4n) is 5.66. The second kappa shape index (κ2) is 8.97. The first-order chi connectivity index (χ1) is 18.8. The zero-order valence-electron chi connectivity index (χ0n) is 21.1. The molecule has 1 aliphatic carbocycles. The van der Waals surface area contributed by atoms with Crippen molar-refractivity contribution in [2.45, 2.75) is 32.0 Å². The van der Waals surface area contributed by atoms with Gasteiger partial charge in [0.05, 0.1) is 28.3 Å². The average molecular weight is 530 g/mol. The van der Waals surface area contributed by atoms with Gasteiger partial charge in [-0.3, -0.25) is 9.89 Å². The summed E-state index contributed by atoms with van der Waals surface area (Å²) in [4.78, 5) is 19.3. The Kier molecular flexibility index (Phi) is 5.50. The Balaban J connectivity index is 1.24. The Hall–Kier alpha value is -4.14. The van der Waals surface area contributed by atoms with Gasteiger partial charge in [-0.05, 0) is 60.6 Å². The maximum atomic E-state index is 13.6. The number of nitrogens with one attached hydrogen (secondary N) is 1. The van der Waals surface area contributed by atoms with E-state index in [1.807, 2.05) is 51.9 Å². The van der Waals surface area contributed by atoms with E-state index in [0.29, 0.717) is 36.5 Å². The molecule has 2 fully saturated rings. The molecule has 3 heterocycles. The largest absolute Gasteiger partial charge is 0.416 e. The number of imidazole rings is 1. The van der Waals surface area contributed by atoms with Crippen LogP contribution in [0.2, 0.25) is 0 Å². The summed E-state index contributed by atoms with van der Waals surface area (Å²) in [5.74, 6) is 1.16. The smallest absolute Gasteiger partial charge is 0.342 e. The molecule has 1 aliphatic heterocycles. The molecule has 0 bridgehead atoms. The normalized spacial score (nSPS) is 17.9. The minimum atomic E-state index is -4.44. The Bertz CT molecular complexity index is 1700. The number of carbonyl (C=O) groups excluding carboxylic acids is 1. The third-order valence-corrected chi connectivity index (χ3v) is 7.96. The highest BCUT2D eigenvalue weighted by Gasteiger charge is 2.37. The van der Waals surface area contributed by atoms with Crippen LogP contribution >= 0.6 is 0 Å². The summed E-state index contributed by atoms with van der Waals surface area (Å²) in [5.41, 5.74) is 4.12. The van der Waals surface area contributed by atoms with Gasteiger partial charge in [-0.2, -0.15) is 18.3 Å². The van der Waals surface area contributed by atoms with Gasteiger partial charge in [0.2, 0.25) is 5.91 Å². The van der Waals surface area contributed by atoms with Crippen molar-refractivity contribution >= 4 is 27.8 Å². The van der Waals surface area contributed by atoms with Crippen molar-refractivity contribution in [1.29, 1.82) is 0 Å². The van der Waals surface area contributed by atoms with Crippen LogP contribution in [0.15, 0.2) is 66.9 Å². The van der Waals surface area contributed by atoms with E-state index in [4.69, 9.17) is 4.98 Å². The number of H-pyrrole nitrogens is 1. The van der Waals surface area contributed by atoms with Crippen molar-refractivity contribution in [2.24, 2.45) is 11.8 Å². The van der Waals surface area contributed by atoms with Crippen LogP contribution in [0.1, 0.15) is 24.8 Å². The summed E-state index contributed by atoms with van der Waals surface area (Å²) >= 11 is 0. The lowest BCUT2D eigenvalue weighted by Crippen LogP contribution is -2.30. The van der Waals surface area contributed by atoms with Gasteiger partial charge in [0.15, 0.2) is 0 Å². The van der Waals surface area contributed by atoms with Crippen LogP contribution in [-0.4, -0.2) is 43.6 Å². The minimum Gasteiger partial charge on any atom is -0.342 e. The molecular weight excluding hydrogens is 503 g/mol. The van der Waals surface area contributed by atoms with E-state index in [1.54, 1.807) is 6.20 Å². The fraction of sp³-hybridized carbons (Fsp3) is 0.300. The van der Waals surface area contributed by atoms with Gasteiger partial charge >= 0.3 is 6.18 Å². The van der Waals surface area contributed by atoms with Crippen molar-refractivity contribution in [3.05, 3.63) is 72.4 Å². The molecule has 1 saturated heterocycles. The molecule has 198 valence electrons. The van der Waals surface area contributed by atoms with Crippen LogP contribution in [-0.2, 0) is 17.5 Å². The topological polar surface area (TPSA) is 66.8 Å². The number of benzene rings is 3. The van der Waals surface area contributed by atoms with E-state index in [2.05, 4.69) is 10.2 Å². The van der Waals surface area contributed by atoms with Crippen LogP contribution in [0.25, 0.3) is 44.5 Å². The molecule has 1 saturated carbocycles. The van der Waals surface area contributed by atoms with E-state index < -0.39 is 11.7 Å². The third-order valence-electron chi connectivity index (χ3n) is 7.96. The molecule has 2 aromatic heterocycles. The first-order valence-electron chi connectivity index (χ1n) is 13.2. The van der Waals surface area contributed by atoms with E-state index in [-0.39, 0.29) is 17.7 Å². The van der Waals surface area contributed by atoms with Gasteiger partial charge < -0.3 is 9.47 Å². The number of aromatic amines is 1. The molecule has 6 nitrogen and oxygen atoms in total. The molecule has 2 aliphatic rings. The highest BCUT2D eigenvalue weighted by Crippen LogP contribution is 2.36. The van der Waals surface area contributed by atoms with Crippen molar-refractivity contribution in [3.63, 3.8) is 0 Å². The molecule has 0 spiro atoms. The number of fused-ring (bicyclic) bond motifs is 2. The number of hydrogen-bond donors (Lipinski definition) is 1. The Morgan fingerprint density at radius 2 is 1.72 bits per heavy atom. The lowest BCUT2D eigenvalue weighted by atomic mass is 10.0. The summed E-state index contributed by atoms with van der Waals surface area (Å²) in [7, 11) is 0. The number of amides is 1. The highest BCUT2D eigenvalue weighted by molar-refractivity contribution is 5.85. The quantitative estimate of drug-likeness (QED) is 0.282. The third kappa shape index (κ3) is 4.45. The molecule has 5 aromatic rings. The predicted molar refractivity (Wildman–Crippen MR) is 143 cm³/mol. The number of aromatic nitrogens is 4.